The van der Waals surface area contributed by atoms with E-state index >= 15 is 0 Å². The van der Waals surface area contributed by atoms with Gasteiger partial charge in [-0.05, 0) is 30.2 Å². The first-order chi connectivity index (χ1) is 14.5. The molecule has 0 fully saturated rings. The molecule has 7 nitrogen and oxygen atoms in total. The molecule has 162 valence electrons. The van der Waals surface area contributed by atoms with Crippen molar-refractivity contribution in [3.05, 3.63) is 75.6 Å². The lowest BCUT2D eigenvalue weighted by Crippen LogP contribution is -2.18. The summed E-state index contributed by atoms with van der Waals surface area (Å²) in [5.74, 6) is -1.99. The van der Waals surface area contributed by atoms with Crippen molar-refractivity contribution < 1.29 is 27.1 Å². The molecule has 11 heteroatoms. The van der Waals surface area contributed by atoms with E-state index in [1.54, 1.807) is 13.8 Å². The second-order valence-corrected chi connectivity index (χ2v) is 6.80. The molecule has 0 atom stereocenters. The van der Waals surface area contributed by atoms with E-state index in [9.17, 15) is 27.2 Å². The molecule has 0 saturated carbocycles. The average molecular weight is 436 g/mol. The van der Waals surface area contributed by atoms with Crippen molar-refractivity contribution in [2.24, 2.45) is 0 Å². The number of anilines is 1. The van der Waals surface area contributed by atoms with E-state index in [0.29, 0.717) is 17.8 Å². The minimum atomic E-state index is -4.76. The highest BCUT2D eigenvalue weighted by molar-refractivity contribution is 6.05. The lowest BCUT2D eigenvalue weighted by molar-refractivity contribution is -0.137. The Balaban J connectivity index is 2.04. The van der Waals surface area contributed by atoms with E-state index in [2.05, 4.69) is 20.5 Å². The minimum absolute atomic E-state index is 0.0400. The van der Waals surface area contributed by atoms with Gasteiger partial charge in [0.1, 0.15) is 17.1 Å². The topological polar surface area (TPSA) is 97.0 Å². The van der Waals surface area contributed by atoms with E-state index in [0.717, 1.165) is 18.3 Å². The van der Waals surface area contributed by atoms with Gasteiger partial charge in [-0.2, -0.15) is 18.3 Å². The molecule has 0 aliphatic carbocycles. The molecule has 0 aliphatic rings. The zero-order valence-corrected chi connectivity index (χ0v) is 16.2. The van der Waals surface area contributed by atoms with Crippen LogP contribution in [-0.4, -0.2) is 21.1 Å². The number of nitrogens with zero attached hydrogens (tertiary/aromatic N) is 2. The Morgan fingerprint density at radius 3 is 2.55 bits per heavy atom. The van der Waals surface area contributed by atoms with Gasteiger partial charge in [0.15, 0.2) is 0 Å². The molecule has 0 bridgehead atoms. The van der Waals surface area contributed by atoms with Crippen LogP contribution in [-0.2, 0) is 6.18 Å². The molecule has 1 amide bonds. The summed E-state index contributed by atoms with van der Waals surface area (Å²) in [6, 6.07) is 5.23. The van der Waals surface area contributed by atoms with Crippen LogP contribution in [0.2, 0.25) is 0 Å². The monoisotopic (exact) mass is 436 g/mol. The van der Waals surface area contributed by atoms with Crippen molar-refractivity contribution in [1.82, 2.24) is 15.2 Å². The van der Waals surface area contributed by atoms with Gasteiger partial charge >= 0.3 is 6.18 Å². The van der Waals surface area contributed by atoms with Crippen LogP contribution in [0, 0.1) is 5.82 Å². The first-order valence-electron chi connectivity index (χ1n) is 8.95. The van der Waals surface area contributed by atoms with Crippen LogP contribution in [0.4, 0.5) is 23.2 Å². The Morgan fingerprint density at radius 2 is 1.90 bits per heavy atom. The summed E-state index contributed by atoms with van der Waals surface area (Å²) in [4.78, 5) is 27.7. The fourth-order valence-corrected chi connectivity index (χ4v) is 2.66. The van der Waals surface area contributed by atoms with Crippen LogP contribution in [0.3, 0.4) is 0 Å². The van der Waals surface area contributed by atoms with Crippen LogP contribution in [0.1, 0.15) is 41.3 Å². The van der Waals surface area contributed by atoms with Crippen molar-refractivity contribution in [1.29, 1.82) is 0 Å². The van der Waals surface area contributed by atoms with Crippen LogP contribution >= 0.6 is 0 Å². The number of carbonyl (C=O) groups is 1. The van der Waals surface area contributed by atoms with Gasteiger partial charge in [-0.25, -0.2) is 14.5 Å². The molecule has 2 N–H and O–H groups in total. The number of aromatic amines is 1. The van der Waals surface area contributed by atoms with E-state index in [4.69, 9.17) is 4.74 Å². The number of nitrogens with one attached hydrogen (secondary N) is 2. The minimum Gasteiger partial charge on any atom is -0.438 e. The van der Waals surface area contributed by atoms with Gasteiger partial charge in [-0.3, -0.25) is 9.59 Å². The number of carbonyl (C=O) groups excluding carboxylic acids is 1. The summed E-state index contributed by atoms with van der Waals surface area (Å²) in [5.41, 5.74) is -1.93. The summed E-state index contributed by atoms with van der Waals surface area (Å²) in [6.45, 7) is 3.55. The highest BCUT2D eigenvalue weighted by Crippen LogP contribution is 2.35. The number of benzene rings is 1. The predicted octanol–water partition coefficient (Wildman–Crippen LogP) is 4.49. The summed E-state index contributed by atoms with van der Waals surface area (Å²) < 4.78 is 58.8. The average Bonchev–Trinajstić information content (AvgIpc) is 2.68. The number of alkyl halides is 3. The highest BCUT2D eigenvalue weighted by Gasteiger charge is 2.33. The Bertz CT molecular complexity index is 1180. The van der Waals surface area contributed by atoms with Crippen molar-refractivity contribution in [3.8, 4) is 11.6 Å². The highest BCUT2D eigenvalue weighted by atomic mass is 19.4. The molecular formula is C20H16F4N4O3. The fraction of sp³-hybridized carbons (Fsp3) is 0.200. The summed E-state index contributed by atoms with van der Waals surface area (Å²) in [5, 5.41) is 7.89. The largest absolute Gasteiger partial charge is 0.438 e. The number of rotatable bonds is 5. The Hall–Kier alpha value is -3.76. The molecule has 0 saturated heterocycles. The third kappa shape index (κ3) is 5.24. The molecule has 31 heavy (non-hydrogen) atoms. The standard InChI is InChI=1S/C20H16F4N4O3/c1-10(2)14-6-12(21)3-4-16(14)31-19-15(5-11(8-25-19)20(22,23)24)18(30)27-13-7-17(29)28-26-9-13/h3-10H,1-2H3,(H2,27,28,29,30). The summed E-state index contributed by atoms with van der Waals surface area (Å²) >= 11 is 0. The van der Waals surface area contributed by atoms with Crippen LogP contribution < -0.4 is 15.6 Å². The molecule has 2 aromatic heterocycles. The van der Waals surface area contributed by atoms with Gasteiger partial charge in [0.25, 0.3) is 11.5 Å². The second-order valence-electron chi connectivity index (χ2n) is 6.80. The van der Waals surface area contributed by atoms with Crippen molar-refractivity contribution in [2.45, 2.75) is 25.9 Å². The number of hydrogen-bond acceptors (Lipinski definition) is 5. The molecule has 1 aromatic carbocycles. The number of aromatic nitrogens is 3. The first-order valence-corrected chi connectivity index (χ1v) is 8.95. The number of H-pyrrole nitrogens is 1. The van der Waals surface area contributed by atoms with Crippen LogP contribution in [0.25, 0.3) is 0 Å². The molecule has 0 spiro atoms. The van der Waals surface area contributed by atoms with Crippen molar-refractivity contribution in [2.75, 3.05) is 5.32 Å². The van der Waals surface area contributed by atoms with Gasteiger partial charge in [0, 0.05) is 17.8 Å². The maximum atomic E-state index is 13.6. The van der Waals surface area contributed by atoms with Gasteiger partial charge < -0.3 is 10.1 Å². The Labute approximate surface area is 173 Å². The molecule has 3 aromatic rings. The summed E-state index contributed by atoms with van der Waals surface area (Å²) in [6.07, 6.45) is -3.12. The smallest absolute Gasteiger partial charge is 0.417 e. The summed E-state index contributed by atoms with van der Waals surface area (Å²) in [7, 11) is 0. The molecule has 2 heterocycles. The van der Waals surface area contributed by atoms with Crippen LogP contribution in [0.15, 0.2) is 47.5 Å². The normalized spacial score (nSPS) is 11.5. The van der Waals surface area contributed by atoms with Gasteiger partial charge in [0.2, 0.25) is 5.88 Å². The second kappa shape index (κ2) is 8.54. The number of amides is 1. The first kappa shape index (κ1) is 21.9. The zero-order valence-electron chi connectivity index (χ0n) is 16.2. The molecular weight excluding hydrogens is 420 g/mol. The molecule has 0 aliphatic heterocycles. The van der Waals surface area contributed by atoms with Crippen LogP contribution in [0.5, 0.6) is 11.6 Å². The van der Waals surface area contributed by atoms with E-state index in [1.165, 1.54) is 12.1 Å². The number of halogens is 4. The number of hydrogen-bond donors (Lipinski definition) is 2. The van der Waals surface area contributed by atoms with Gasteiger partial charge in [-0.15, -0.1) is 0 Å². The maximum Gasteiger partial charge on any atom is 0.417 e. The third-order valence-corrected chi connectivity index (χ3v) is 4.15. The maximum absolute atomic E-state index is 13.6. The molecule has 0 unspecified atom stereocenters. The van der Waals surface area contributed by atoms with Crippen molar-refractivity contribution in [3.63, 3.8) is 0 Å². The fourth-order valence-electron chi connectivity index (χ4n) is 2.66. The zero-order chi connectivity index (χ0) is 22.8. The lowest BCUT2D eigenvalue weighted by atomic mass is 10.0. The SMILES string of the molecule is CC(C)c1cc(F)ccc1Oc1ncc(C(F)(F)F)cc1C(=O)Nc1cn[nH]c(=O)c1. The van der Waals surface area contributed by atoms with E-state index in [1.807, 2.05) is 0 Å². The third-order valence-electron chi connectivity index (χ3n) is 4.15. The number of pyridine rings is 1. The quantitative estimate of drug-likeness (QED) is 0.575. The van der Waals surface area contributed by atoms with Gasteiger partial charge in [-0.1, -0.05) is 13.8 Å². The molecule has 3 rings (SSSR count). The van der Waals surface area contributed by atoms with Gasteiger partial charge in [0.05, 0.1) is 17.4 Å². The number of ether oxygens (including phenoxy) is 1. The van der Waals surface area contributed by atoms with E-state index in [-0.39, 0.29) is 17.4 Å². The Morgan fingerprint density at radius 1 is 1.16 bits per heavy atom. The Kier molecular flexibility index (Phi) is 6.04. The van der Waals surface area contributed by atoms with E-state index < -0.39 is 40.5 Å². The lowest BCUT2D eigenvalue weighted by Gasteiger charge is -2.16. The predicted molar refractivity (Wildman–Crippen MR) is 103 cm³/mol. The van der Waals surface area contributed by atoms with Crippen molar-refractivity contribution >= 4 is 11.6 Å². The molecule has 0 radical (unpaired) electrons.